The van der Waals surface area contributed by atoms with Crippen LogP contribution in [0.15, 0.2) is 36.5 Å². The van der Waals surface area contributed by atoms with E-state index in [4.69, 9.17) is 0 Å². The molecule has 5 nitrogen and oxygen atoms in total. The first-order valence-corrected chi connectivity index (χ1v) is 9.83. The lowest BCUT2D eigenvalue weighted by Gasteiger charge is -2.22. The second kappa shape index (κ2) is 7.41. The molecule has 134 valence electrons. The van der Waals surface area contributed by atoms with Crippen LogP contribution in [-0.4, -0.2) is 26.0 Å². The van der Waals surface area contributed by atoms with Crippen molar-refractivity contribution in [1.82, 2.24) is 20.1 Å². The van der Waals surface area contributed by atoms with Crippen LogP contribution in [0, 0.1) is 6.92 Å². The molecule has 0 atom stereocenters. The molecule has 3 heterocycles. The van der Waals surface area contributed by atoms with Crippen molar-refractivity contribution >= 4 is 17.2 Å². The Kier molecular flexibility index (Phi) is 4.84. The zero-order valence-corrected chi connectivity index (χ0v) is 15.7. The van der Waals surface area contributed by atoms with Gasteiger partial charge in [0.05, 0.1) is 18.8 Å². The smallest absolute Gasteiger partial charge is 0.275 e. The van der Waals surface area contributed by atoms with E-state index in [1.165, 1.54) is 9.75 Å². The molecule has 0 aromatic carbocycles. The highest BCUT2D eigenvalue weighted by Gasteiger charge is 2.26. The second-order valence-electron chi connectivity index (χ2n) is 6.73. The van der Waals surface area contributed by atoms with Crippen molar-refractivity contribution in [2.75, 3.05) is 0 Å². The molecule has 3 aromatic rings. The van der Waals surface area contributed by atoms with Crippen LogP contribution in [0.4, 0.5) is 0 Å². The number of amides is 1. The molecule has 0 bridgehead atoms. The Balaban J connectivity index is 1.62. The van der Waals surface area contributed by atoms with Gasteiger partial charge >= 0.3 is 0 Å². The summed E-state index contributed by atoms with van der Waals surface area (Å²) in [5.74, 6) is -0.0129. The van der Waals surface area contributed by atoms with E-state index in [1.807, 2.05) is 23.1 Å². The molecule has 6 heteroatoms. The Hall–Kier alpha value is -2.47. The van der Waals surface area contributed by atoms with Gasteiger partial charge in [-0.1, -0.05) is 6.07 Å². The van der Waals surface area contributed by atoms with Crippen molar-refractivity contribution < 1.29 is 4.79 Å². The fraction of sp³-hybridized carbons (Fsp3) is 0.350. The van der Waals surface area contributed by atoms with Gasteiger partial charge in [0.1, 0.15) is 0 Å². The van der Waals surface area contributed by atoms with Gasteiger partial charge in [0, 0.05) is 27.2 Å². The molecule has 0 saturated carbocycles. The third-order valence-corrected chi connectivity index (χ3v) is 5.75. The second-order valence-corrected chi connectivity index (χ2v) is 8.10. The summed E-state index contributed by atoms with van der Waals surface area (Å²) in [7, 11) is 0. The number of fused-ring (bicyclic) bond motifs is 1. The van der Waals surface area contributed by atoms with E-state index in [-0.39, 0.29) is 5.91 Å². The van der Waals surface area contributed by atoms with Gasteiger partial charge in [0.2, 0.25) is 0 Å². The third-order valence-electron chi connectivity index (χ3n) is 4.77. The fourth-order valence-electron chi connectivity index (χ4n) is 3.45. The molecular weight excluding hydrogens is 344 g/mol. The third kappa shape index (κ3) is 3.55. The van der Waals surface area contributed by atoms with Crippen molar-refractivity contribution in [2.45, 2.75) is 45.7 Å². The van der Waals surface area contributed by atoms with E-state index in [9.17, 15) is 4.79 Å². The van der Waals surface area contributed by atoms with Crippen LogP contribution in [0.2, 0.25) is 0 Å². The molecule has 0 aliphatic heterocycles. The molecule has 4 rings (SSSR count). The Labute approximate surface area is 157 Å². The van der Waals surface area contributed by atoms with E-state index in [0.29, 0.717) is 18.8 Å². The number of pyridine rings is 1. The molecule has 0 radical (unpaired) electrons. The maximum absolute atomic E-state index is 13.3. The molecule has 3 aromatic heterocycles. The molecule has 0 fully saturated rings. The summed E-state index contributed by atoms with van der Waals surface area (Å²) >= 11 is 1.73. The van der Waals surface area contributed by atoms with E-state index in [0.717, 1.165) is 42.6 Å². The van der Waals surface area contributed by atoms with Crippen LogP contribution in [-0.2, 0) is 25.9 Å². The molecule has 1 aliphatic carbocycles. The Bertz CT molecular complexity index is 900. The van der Waals surface area contributed by atoms with Gasteiger partial charge < -0.3 is 4.90 Å². The lowest BCUT2D eigenvalue weighted by molar-refractivity contribution is 0.0722. The standard InChI is InChI=1S/C20H22N4OS/c1-14-9-10-16(26-14)13-24(12-15-6-4-5-11-21-15)20(25)19-17-7-2-3-8-18(17)22-23-19/h4-6,9-11H,2-3,7-8,12-13H2,1H3,(H,22,23). The Morgan fingerprint density at radius 1 is 1.19 bits per heavy atom. The average molecular weight is 366 g/mol. The topological polar surface area (TPSA) is 61.9 Å². The van der Waals surface area contributed by atoms with E-state index in [2.05, 4.69) is 34.2 Å². The Morgan fingerprint density at radius 2 is 2.08 bits per heavy atom. The van der Waals surface area contributed by atoms with Gasteiger partial charge in [-0.3, -0.25) is 14.9 Å². The van der Waals surface area contributed by atoms with E-state index < -0.39 is 0 Å². The van der Waals surface area contributed by atoms with Crippen molar-refractivity contribution in [2.24, 2.45) is 0 Å². The predicted molar refractivity (Wildman–Crippen MR) is 102 cm³/mol. The first-order chi connectivity index (χ1) is 12.7. The first kappa shape index (κ1) is 17.0. The highest BCUT2D eigenvalue weighted by molar-refractivity contribution is 7.11. The van der Waals surface area contributed by atoms with Gasteiger partial charge in [0.25, 0.3) is 5.91 Å². The van der Waals surface area contributed by atoms with Crippen LogP contribution in [0.25, 0.3) is 0 Å². The van der Waals surface area contributed by atoms with Gasteiger partial charge in [-0.25, -0.2) is 0 Å². The highest BCUT2D eigenvalue weighted by atomic mass is 32.1. The summed E-state index contributed by atoms with van der Waals surface area (Å²) in [4.78, 5) is 22.0. The number of hydrogen-bond donors (Lipinski definition) is 1. The quantitative estimate of drug-likeness (QED) is 0.745. The lowest BCUT2D eigenvalue weighted by atomic mass is 9.95. The highest BCUT2D eigenvalue weighted by Crippen LogP contribution is 2.25. The number of rotatable bonds is 5. The molecule has 0 saturated heterocycles. The van der Waals surface area contributed by atoms with Gasteiger partial charge in [-0.15, -0.1) is 11.3 Å². The van der Waals surface area contributed by atoms with Crippen LogP contribution in [0.1, 0.15) is 50.0 Å². The van der Waals surface area contributed by atoms with Crippen LogP contribution in [0.3, 0.4) is 0 Å². The maximum atomic E-state index is 13.3. The molecule has 26 heavy (non-hydrogen) atoms. The number of hydrogen-bond acceptors (Lipinski definition) is 4. The zero-order valence-electron chi connectivity index (χ0n) is 14.9. The van der Waals surface area contributed by atoms with Crippen molar-refractivity contribution in [3.05, 3.63) is 68.9 Å². The number of thiophene rings is 1. The molecular formula is C20H22N4OS. The zero-order chi connectivity index (χ0) is 17.9. The minimum atomic E-state index is -0.0129. The lowest BCUT2D eigenvalue weighted by Crippen LogP contribution is -2.31. The van der Waals surface area contributed by atoms with Crippen LogP contribution in [0.5, 0.6) is 0 Å². The monoisotopic (exact) mass is 366 g/mol. The van der Waals surface area contributed by atoms with Gasteiger partial charge in [-0.2, -0.15) is 5.10 Å². The van der Waals surface area contributed by atoms with Gasteiger partial charge in [-0.05, 0) is 56.9 Å². The maximum Gasteiger partial charge on any atom is 0.275 e. The normalized spacial score (nSPS) is 13.4. The van der Waals surface area contributed by atoms with E-state index in [1.54, 1.807) is 17.5 Å². The minimum absolute atomic E-state index is 0.0129. The first-order valence-electron chi connectivity index (χ1n) is 9.01. The molecule has 1 amide bonds. The summed E-state index contributed by atoms with van der Waals surface area (Å²) < 4.78 is 0. The molecule has 1 N–H and O–H groups in total. The summed E-state index contributed by atoms with van der Waals surface area (Å²) in [6.07, 6.45) is 5.97. The van der Waals surface area contributed by atoms with Crippen LogP contribution >= 0.6 is 11.3 Å². The number of nitrogens with zero attached hydrogens (tertiary/aromatic N) is 3. The number of aromatic nitrogens is 3. The number of aryl methyl sites for hydroxylation is 2. The minimum Gasteiger partial charge on any atom is -0.326 e. The number of H-pyrrole nitrogens is 1. The van der Waals surface area contributed by atoms with Gasteiger partial charge in [0.15, 0.2) is 5.69 Å². The average Bonchev–Trinajstić information content (AvgIpc) is 3.27. The fourth-order valence-corrected chi connectivity index (χ4v) is 4.36. The number of carbonyl (C=O) groups is 1. The predicted octanol–water partition coefficient (Wildman–Crippen LogP) is 3.90. The van der Waals surface area contributed by atoms with Crippen molar-refractivity contribution in [1.29, 1.82) is 0 Å². The van der Waals surface area contributed by atoms with Crippen molar-refractivity contribution in [3.8, 4) is 0 Å². The Morgan fingerprint density at radius 3 is 2.85 bits per heavy atom. The van der Waals surface area contributed by atoms with E-state index >= 15 is 0 Å². The summed E-state index contributed by atoms with van der Waals surface area (Å²) in [5.41, 5.74) is 3.71. The molecule has 1 aliphatic rings. The SMILES string of the molecule is Cc1ccc(CN(Cc2ccccn2)C(=O)c2n[nH]c3c2CCCC3)s1. The summed E-state index contributed by atoms with van der Waals surface area (Å²) in [5, 5.41) is 7.46. The van der Waals surface area contributed by atoms with Crippen molar-refractivity contribution in [3.63, 3.8) is 0 Å². The van der Waals surface area contributed by atoms with Crippen LogP contribution < -0.4 is 0 Å². The number of aromatic amines is 1. The number of carbonyl (C=O) groups excluding carboxylic acids is 1. The number of nitrogens with one attached hydrogen (secondary N) is 1. The summed E-state index contributed by atoms with van der Waals surface area (Å²) in [6, 6.07) is 10.00. The summed E-state index contributed by atoms with van der Waals surface area (Å²) in [6.45, 7) is 3.15. The molecule has 0 spiro atoms. The molecule has 0 unspecified atom stereocenters. The largest absolute Gasteiger partial charge is 0.326 e.